The minimum absolute atomic E-state index is 0.312. The van der Waals surface area contributed by atoms with Crippen LogP contribution in [-0.2, 0) is 4.74 Å². The number of carbonyl (C=O) groups is 1. The summed E-state index contributed by atoms with van der Waals surface area (Å²) >= 11 is 0. The van der Waals surface area contributed by atoms with Crippen LogP contribution < -0.4 is 15.6 Å². The molecular formula is C20H23FN4O2. The Bertz CT molecular complexity index is 848. The van der Waals surface area contributed by atoms with Crippen molar-refractivity contribution in [2.24, 2.45) is 5.10 Å². The number of morpholine rings is 1. The molecule has 142 valence electrons. The summed E-state index contributed by atoms with van der Waals surface area (Å²) < 4.78 is 19.8. The van der Waals surface area contributed by atoms with Crippen LogP contribution in [0.1, 0.15) is 18.1 Å². The van der Waals surface area contributed by atoms with Crippen LogP contribution in [0.15, 0.2) is 47.6 Å². The van der Waals surface area contributed by atoms with E-state index in [0.717, 1.165) is 5.56 Å². The third-order valence-electron chi connectivity index (χ3n) is 4.44. The molecule has 1 aliphatic heterocycles. The minimum Gasteiger partial charge on any atom is -0.378 e. The number of para-hydroxylation sites is 1. The summed E-state index contributed by atoms with van der Waals surface area (Å²) in [5.41, 5.74) is 5.79. The second kappa shape index (κ2) is 8.64. The van der Waals surface area contributed by atoms with Gasteiger partial charge in [-0.25, -0.2) is 14.6 Å². The van der Waals surface area contributed by atoms with Gasteiger partial charge in [-0.3, -0.25) is 0 Å². The first-order valence-corrected chi connectivity index (χ1v) is 8.84. The lowest BCUT2D eigenvalue weighted by molar-refractivity contribution is 0.122. The van der Waals surface area contributed by atoms with Crippen LogP contribution in [0.3, 0.4) is 0 Å². The van der Waals surface area contributed by atoms with E-state index in [1.165, 1.54) is 6.07 Å². The maximum absolute atomic E-state index is 14.5. The van der Waals surface area contributed by atoms with Crippen LogP contribution in [-0.4, -0.2) is 38.0 Å². The largest absolute Gasteiger partial charge is 0.378 e. The molecule has 2 aromatic rings. The number of carbonyl (C=O) groups excluding carboxylic acids is 1. The number of hydrogen-bond acceptors (Lipinski definition) is 4. The van der Waals surface area contributed by atoms with Gasteiger partial charge in [0.15, 0.2) is 0 Å². The number of rotatable bonds is 4. The molecule has 0 spiro atoms. The van der Waals surface area contributed by atoms with Crippen molar-refractivity contribution >= 4 is 23.1 Å². The molecular weight excluding hydrogens is 347 g/mol. The summed E-state index contributed by atoms with van der Waals surface area (Å²) in [6, 6.07) is 12.0. The fraction of sp³-hybridized carbons (Fsp3) is 0.300. The van der Waals surface area contributed by atoms with Crippen LogP contribution in [0.2, 0.25) is 0 Å². The van der Waals surface area contributed by atoms with Crippen molar-refractivity contribution in [3.8, 4) is 0 Å². The predicted octanol–water partition coefficient (Wildman–Crippen LogP) is 3.52. The third-order valence-corrected chi connectivity index (χ3v) is 4.44. The highest BCUT2D eigenvalue weighted by Gasteiger charge is 2.15. The summed E-state index contributed by atoms with van der Waals surface area (Å²) in [7, 11) is 0. The van der Waals surface area contributed by atoms with Gasteiger partial charge in [0.05, 0.1) is 24.6 Å². The fourth-order valence-electron chi connectivity index (χ4n) is 2.86. The second-order valence-corrected chi connectivity index (χ2v) is 6.34. The highest BCUT2D eigenvalue weighted by Crippen LogP contribution is 2.22. The Morgan fingerprint density at radius 1 is 1.19 bits per heavy atom. The summed E-state index contributed by atoms with van der Waals surface area (Å²) in [6.07, 6.45) is 0. The fourth-order valence-corrected chi connectivity index (χ4v) is 2.86. The van der Waals surface area contributed by atoms with Gasteiger partial charge in [0, 0.05) is 24.3 Å². The van der Waals surface area contributed by atoms with Gasteiger partial charge < -0.3 is 15.0 Å². The highest BCUT2D eigenvalue weighted by molar-refractivity contribution is 6.00. The smallest absolute Gasteiger partial charge is 0.339 e. The van der Waals surface area contributed by atoms with Gasteiger partial charge in [-0.15, -0.1) is 0 Å². The van der Waals surface area contributed by atoms with Crippen molar-refractivity contribution < 1.29 is 13.9 Å². The molecule has 0 bridgehead atoms. The van der Waals surface area contributed by atoms with E-state index >= 15 is 0 Å². The van der Waals surface area contributed by atoms with E-state index in [4.69, 9.17) is 4.74 Å². The summed E-state index contributed by atoms with van der Waals surface area (Å²) in [6.45, 7) is 6.16. The van der Waals surface area contributed by atoms with Gasteiger partial charge in [0.1, 0.15) is 5.82 Å². The third kappa shape index (κ3) is 4.83. The van der Waals surface area contributed by atoms with Crippen molar-refractivity contribution in [3.63, 3.8) is 0 Å². The molecule has 7 heteroatoms. The first-order chi connectivity index (χ1) is 13.0. The Labute approximate surface area is 158 Å². The standard InChI is InChI=1S/C20H23FN4O2/c1-14-5-3-4-6-18(14)22-20(26)24-23-15(2)16-7-8-19(17(21)13-16)25-9-11-27-12-10-25/h3-8,13H,9-12H2,1-2H3,(H2,22,24,26). The molecule has 1 fully saturated rings. The number of amides is 2. The average Bonchev–Trinajstić information content (AvgIpc) is 2.68. The summed E-state index contributed by atoms with van der Waals surface area (Å²) in [4.78, 5) is 14.0. The molecule has 0 atom stereocenters. The van der Waals surface area contributed by atoms with E-state index in [1.54, 1.807) is 19.1 Å². The average molecular weight is 370 g/mol. The highest BCUT2D eigenvalue weighted by atomic mass is 19.1. The quantitative estimate of drug-likeness (QED) is 0.639. The number of urea groups is 1. The molecule has 1 saturated heterocycles. The molecule has 0 aliphatic carbocycles. The van der Waals surface area contributed by atoms with Gasteiger partial charge in [0.2, 0.25) is 0 Å². The van der Waals surface area contributed by atoms with Crippen molar-refractivity contribution in [2.45, 2.75) is 13.8 Å². The molecule has 0 saturated carbocycles. The normalized spacial score (nSPS) is 14.8. The summed E-state index contributed by atoms with van der Waals surface area (Å²) in [5.74, 6) is -0.312. The van der Waals surface area contributed by atoms with Crippen LogP contribution in [0.25, 0.3) is 0 Å². The van der Waals surface area contributed by atoms with Gasteiger partial charge in [-0.05, 0) is 37.6 Å². The van der Waals surface area contributed by atoms with Crippen LogP contribution in [0.4, 0.5) is 20.6 Å². The van der Waals surface area contributed by atoms with Crippen molar-refractivity contribution in [1.82, 2.24) is 5.43 Å². The van der Waals surface area contributed by atoms with Gasteiger partial charge >= 0.3 is 6.03 Å². The molecule has 27 heavy (non-hydrogen) atoms. The van der Waals surface area contributed by atoms with E-state index in [0.29, 0.717) is 49.0 Å². The molecule has 3 rings (SSSR count). The first-order valence-electron chi connectivity index (χ1n) is 8.84. The Morgan fingerprint density at radius 2 is 1.93 bits per heavy atom. The number of benzene rings is 2. The molecule has 1 aliphatic rings. The van der Waals surface area contributed by atoms with Crippen LogP contribution in [0.5, 0.6) is 0 Å². The number of ether oxygens (including phenoxy) is 1. The topological polar surface area (TPSA) is 66.0 Å². The van der Waals surface area contributed by atoms with Gasteiger partial charge in [-0.1, -0.05) is 24.3 Å². The van der Waals surface area contributed by atoms with Crippen molar-refractivity contribution in [2.75, 3.05) is 36.5 Å². The Kier molecular flexibility index (Phi) is 6.03. The van der Waals surface area contributed by atoms with E-state index in [2.05, 4.69) is 15.8 Å². The molecule has 1 heterocycles. The lowest BCUT2D eigenvalue weighted by Gasteiger charge is -2.29. The number of halogens is 1. The Morgan fingerprint density at radius 3 is 2.63 bits per heavy atom. The van der Waals surface area contributed by atoms with E-state index in [1.807, 2.05) is 36.1 Å². The van der Waals surface area contributed by atoms with Gasteiger partial charge in [-0.2, -0.15) is 5.10 Å². The monoisotopic (exact) mass is 370 g/mol. The lowest BCUT2D eigenvalue weighted by Crippen LogP contribution is -2.36. The number of anilines is 2. The maximum atomic E-state index is 14.5. The Balaban J connectivity index is 1.64. The predicted molar refractivity (Wildman–Crippen MR) is 105 cm³/mol. The molecule has 6 nitrogen and oxygen atoms in total. The molecule has 0 unspecified atom stereocenters. The number of hydrazone groups is 1. The van der Waals surface area contributed by atoms with Gasteiger partial charge in [0.25, 0.3) is 0 Å². The first kappa shape index (κ1) is 18.8. The molecule has 2 aromatic carbocycles. The molecule has 0 aromatic heterocycles. The minimum atomic E-state index is -0.450. The second-order valence-electron chi connectivity index (χ2n) is 6.34. The van der Waals surface area contributed by atoms with E-state index in [9.17, 15) is 9.18 Å². The zero-order valence-electron chi connectivity index (χ0n) is 15.5. The zero-order valence-corrected chi connectivity index (χ0v) is 15.5. The van der Waals surface area contributed by atoms with Crippen LogP contribution >= 0.6 is 0 Å². The maximum Gasteiger partial charge on any atom is 0.339 e. The number of nitrogens with zero attached hydrogens (tertiary/aromatic N) is 2. The van der Waals surface area contributed by atoms with E-state index in [-0.39, 0.29) is 5.82 Å². The summed E-state index contributed by atoms with van der Waals surface area (Å²) in [5, 5.41) is 6.79. The van der Waals surface area contributed by atoms with Crippen molar-refractivity contribution in [3.05, 3.63) is 59.4 Å². The number of hydrogen-bond donors (Lipinski definition) is 2. The number of aryl methyl sites for hydroxylation is 1. The molecule has 2 N–H and O–H groups in total. The van der Waals surface area contributed by atoms with E-state index < -0.39 is 6.03 Å². The molecule has 2 amide bonds. The Hall–Kier alpha value is -2.93. The van der Waals surface area contributed by atoms with Crippen LogP contribution in [0, 0.1) is 12.7 Å². The number of nitrogens with one attached hydrogen (secondary N) is 2. The van der Waals surface area contributed by atoms with Crippen molar-refractivity contribution in [1.29, 1.82) is 0 Å². The SMILES string of the molecule is CC(=NNC(=O)Nc1ccccc1C)c1ccc(N2CCOCC2)c(F)c1. The lowest BCUT2D eigenvalue weighted by atomic mass is 10.1. The zero-order chi connectivity index (χ0) is 19.2. The molecule has 0 radical (unpaired) electrons.